The van der Waals surface area contributed by atoms with E-state index in [1.807, 2.05) is 42.5 Å². The molecule has 1 heterocycles. The van der Waals surface area contributed by atoms with Gasteiger partial charge in [-0.3, -0.25) is 4.90 Å². The first-order chi connectivity index (χ1) is 12.6. The monoisotopic (exact) mass is 409 g/mol. The smallest absolute Gasteiger partial charge is 0.173 e. The number of piperazine rings is 1. The Hall–Kier alpha value is -1.53. The molecule has 0 saturated carbocycles. The van der Waals surface area contributed by atoms with Crippen LogP contribution in [0.2, 0.25) is 10.0 Å². The van der Waals surface area contributed by atoms with Gasteiger partial charge in [0.2, 0.25) is 0 Å². The van der Waals surface area contributed by atoms with Gasteiger partial charge in [0.15, 0.2) is 5.11 Å². The highest BCUT2D eigenvalue weighted by atomic mass is 35.5. The van der Waals surface area contributed by atoms with Gasteiger partial charge in [0.25, 0.3) is 0 Å². The molecule has 1 N–H and O–H groups in total. The second kappa shape index (κ2) is 8.91. The largest absolute Gasteiger partial charge is 0.497 e. The number of nitrogens with zero attached hydrogens (tertiary/aromatic N) is 2. The molecule has 0 radical (unpaired) electrons. The minimum absolute atomic E-state index is 0.719. The molecule has 1 aliphatic rings. The number of nitrogens with one attached hydrogen (secondary N) is 1. The highest BCUT2D eigenvalue weighted by Gasteiger charge is 2.20. The summed E-state index contributed by atoms with van der Waals surface area (Å²) in [7, 11) is 1.66. The van der Waals surface area contributed by atoms with E-state index in [0.29, 0.717) is 0 Å². The maximum atomic E-state index is 6.28. The van der Waals surface area contributed by atoms with Crippen LogP contribution in [0.3, 0.4) is 0 Å². The van der Waals surface area contributed by atoms with Crippen molar-refractivity contribution in [3.8, 4) is 5.75 Å². The Balaban J connectivity index is 1.52. The number of rotatable bonds is 4. The number of benzene rings is 2. The summed E-state index contributed by atoms with van der Waals surface area (Å²) in [5.41, 5.74) is 1.95. The lowest BCUT2D eigenvalue weighted by atomic mass is 10.2. The van der Waals surface area contributed by atoms with E-state index in [1.54, 1.807) is 7.11 Å². The lowest BCUT2D eigenvalue weighted by molar-refractivity contribution is 0.177. The van der Waals surface area contributed by atoms with Crippen molar-refractivity contribution in [2.24, 2.45) is 0 Å². The van der Waals surface area contributed by atoms with Crippen LogP contribution in [-0.4, -0.2) is 48.2 Å². The lowest BCUT2D eigenvalue weighted by Crippen LogP contribution is -2.49. The Labute approximate surface area is 169 Å². The molecule has 2 aromatic rings. The normalized spacial score (nSPS) is 15.0. The Morgan fingerprint density at radius 1 is 1.04 bits per heavy atom. The second-order valence-electron chi connectivity index (χ2n) is 6.12. The maximum absolute atomic E-state index is 6.28. The van der Waals surface area contributed by atoms with Crippen molar-refractivity contribution >= 4 is 46.2 Å². The second-order valence-corrected chi connectivity index (χ2v) is 7.32. The molecule has 1 aliphatic heterocycles. The summed E-state index contributed by atoms with van der Waals surface area (Å²) in [6, 6.07) is 13.4. The number of hydrogen-bond acceptors (Lipinski definition) is 3. The molecule has 26 heavy (non-hydrogen) atoms. The van der Waals surface area contributed by atoms with Crippen LogP contribution in [0, 0.1) is 0 Å². The van der Waals surface area contributed by atoms with E-state index in [0.717, 1.165) is 64.9 Å². The zero-order valence-electron chi connectivity index (χ0n) is 14.5. The summed E-state index contributed by atoms with van der Waals surface area (Å²) in [6.07, 6.45) is 0. The Morgan fingerprint density at radius 2 is 1.65 bits per heavy atom. The highest BCUT2D eigenvalue weighted by Crippen LogP contribution is 2.26. The van der Waals surface area contributed by atoms with Crippen LogP contribution in [0.4, 0.5) is 5.69 Å². The van der Waals surface area contributed by atoms with Gasteiger partial charge in [0.05, 0.1) is 7.11 Å². The molecule has 7 heteroatoms. The molecule has 0 bridgehead atoms. The molecule has 1 saturated heterocycles. The van der Waals surface area contributed by atoms with Gasteiger partial charge in [-0.05, 0) is 48.6 Å². The molecule has 2 aromatic carbocycles. The van der Waals surface area contributed by atoms with Crippen molar-refractivity contribution in [2.75, 3.05) is 38.6 Å². The molecular formula is C19H21Cl2N3OS. The summed E-state index contributed by atoms with van der Waals surface area (Å²) >= 11 is 18.1. The molecule has 0 aliphatic carbocycles. The van der Waals surface area contributed by atoms with Crippen LogP contribution in [0.5, 0.6) is 5.75 Å². The first-order valence-electron chi connectivity index (χ1n) is 8.42. The average Bonchev–Trinajstić information content (AvgIpc) is 2.66. The number of anilines is 1. The van der Waals surface area contributed by atoms with E-state index < -0.39 is 0 Å². The van der Waals surface area contributed by atoms with E-state index in [1.165, 1.54) is 0 Å². The summed E-state index contributed by atoms with van der Waals surface area (Å²) in [5, 5.41) is 5.47. The van der Waals surface area contributed by atoms with Crippen molar-refractivity contribution in [2.45, 2.75) is 6.54 Å². The minimum Gasteiger partial charge on any atom is -0.497 e. The van der Waals surface area contributed by atoms with E-state index in [-0.39, 0.29) is 0 Å². The summed E-state index contributed by atoms with van der Waals surface area (Å²) in [4.78, 5) is 4.53. The number of methoxy groups -OCH3 is 1. The minimum atomic E-state index is 0.719. The first-order valence-corrected chi connectivity index (χ1v) is 9.58. The molecule has 0 unspecified atom stereocenters. The molecule has 0 aromatic heterocycles. The van der Waals surface area contributed by atoms with E-state index in [9.17, 15) is 0 Å². The zero-order valence-corrected chi connectivity index (χ0v) is 16.9. The van der Waals surface area contributed by atoms with Crippen molar-refractivity contribution in [1.29, 1.82) is 0 Å². The van der Waals surface area contributed by atoms with Gasteiger partial charge in [0.1, 0.15) is 5.75 Å². The van der Waals surface area contributed by atoms with E-state index >= 15 is 0 Å². The van der Waals surface area contributed by atoms with Crippen LogP contribution in [0.25, 0.3) is 0 Å². The highest BCUT2D eigenvalue weighted by molar-refractivity contribution is 7.80. The third-order valence-corrected chi connectivity index (χ3v) is 5.51. The van der Waals surface area contributed by atoms with Crippen molar-refractivity contribution in [3.63, 3.8) is 0 Å². The molecule has 0 amide bonds. The standard InChI is InChI=1S/C19H21Cl2N3OS/c1-25-15-7-5-14(6-8-15)22-19(26)24-11-9-23(10-12-24)13-16-17(20)3-2-4-18(16)21/h2-8H,9-13H2,1H3,(H,22,26). The summed E-state index contributed by atoms with van der Waals surface area (Å²) in [5.74, 6) is 0.827. The molecule has 138 valence electrons. The SMILES string of the molecule is COc1ccc(NC(=S)N2CCN(Cc3c(Cl)cccc3Cl)CC2)cc1. The van der Waals surface area contributed by atoms with Gasteiger partial charge < -0.3 is 15.0 Å². The van der Waals surface area contributed by atoms with Gasteiger partial charge >= 0.3 is 0 Å². The topological polar surface area (TPSA) is 27.7 Å². The van der Waals surface area contributed by atoms with Crippen LogP contribution >= 0.6 is 35.4 Å². The van der Waals surface area contributed by atoms with Crippen molar-refractivity contribution in [3.05, 3.63) is 58.1 Å². The van der Waals surface area contributed by atoms with Crippen LogP contribution in [0.1, 0.15) is 5.56 Å². The predicted octanol–water partition coefficient (Wildman–Crippen LogP) is 4.52. The molecule has 1 fully saturated rings. The van der Waals surface area contributed by atoms with E-state index in [4.69, 9.17) is 40.2 Å². The van der Waals surface area contributed by atoms with Crippen LogP contribution < -0.4 is 10.1 Å². The zero-order chi connectivity index (χ0) is 18.5. The van der Waals surface area contributed by atoms with E-state index in [2.05, 4.69) is 15.1 Å². The number of ether oxygens (including phenoxy) is 1. The van der Waals surface area contributed by atoms with Gasteiger partial charge in [0, 0.05) is 54.0 Å². The molecule has 3 rings (SSSR count). The molecule has 0 atom stereocenters. The summed E-state index contributed by atoms with van der Waals surface area (Å²) < 4.78 is 5.17. The average molecular weight is 410 g/mol. The molecule has 4 nitrogen and oxygen atoms in total. The number of thiocarbonyl (C=S) groups is 1. The van der Waals surface area contributed by atoms with Gasteiger partial charge in [-0.2, -0.15) is 0 Å². The van der Waals surface area contributed by atoms with Crippen molar-refractivity contribution in [1.82, 2.24) is 9.80 Å². The van der Waals surface area contributed by atoms with Gasteiger partial charge in [-0.25, -0.2) is 0 Å². The summed E-state index contributed by atoms with van der Waals surface area (Å²) in [6.45, 7) is 4.30. The first kappa shape index (κ1) is 19.2. The fraction of sp³-hybridized carbons (Fsp3) is 0.316. The van der Waals surface area contributed by atoms with Crippen LogP contribution in [-0.2, 0) is 6.54 Å². The number of hydrogen-bond donors (Lipinski definition) is 1. The van der Waals surface area contributed by atoms with Crippen molar-refractivity contribution < 1.29 is 4.74 Å². The fourth-order valence-electron chi connectivity index (χ4n) is 2.89. The van der Waals surface area contributed by atoms with Gasteiger partial charge in [-0.15, -0.1) is 0 Å². The Morgan fingerprint density at radius 3 is 2.23 bits per heavy atom. The van der Waals surface area contributed by atoms with Crippen LogP contribution in [0.15, 0.2) is 42.5 Å². The third kappa shape index (κ3) is 4.80. The Kier molecular flexibility index (Phi) is 6.59. The molecule has 0 spiro atoms. The maximum Gasteiger partial charge on any atom is 0.173 e. The fourth-order valence-corrected chi connectivity index (χ4v) is 3.71. The lowest BCUT2D eigenvalue weighted by Gasteiger charge is -2.36. The third-order valence-electron chi connectivity index (χ3n) is 4.44. The molecular weight excluding hydrogens is 389 g/mol. The predicted molar refractivity (Wildman–Crippen MR) is 113 cm³/mol. The number of halogens is 2. The quantitative estimate of drug-likeness (QED) is 0.749. The Bertz CT molecular complexity index is 742. The van der Waals surface area contributed by atoms with Gasteiger partial charge in [-0.1, -0.05) is 29.3 Å².